The largest absolute Gasteiger partial charge is 0.393 e. The first kappa shape index (κ1) is 53.4. The average Bonchev–Trinajstić information content (AvgIpc) is 3.25. The van der Waals surface area contributed by atoms with Gasteiger partial charge in [0.05, 0.1) is 54.9 Å². The molecule has 7 rings (SSSR count). The van der Waals surface area contributed by atoms with Crippen LogP contribution in [0.1, 0.15) is 178 Å². The van der Waals surface area contributed by atoms with E-state index in [2.05, 4.69) is 62.3 Å². The molecule has 7 aliphatic rings. The summed E-state index contributed by atoms with van der Waals surface area (Å²) in [4.78, 5) is 0. The van der Waals surface area contributed by atoms with Gasteiger partial charge in [-0.2, -0.15) is 0 Å². The summed E-state index contributed by atoms with van der Waals surface area (Å²) in [6, 6.07) is 0. The smallest absolute Gasteiger partial charge is 0.0596 e. The highest BCUT2D eigenvalue weighted by Crippen LogP contribution is 2.54. The maximum atomic E-state index is 12.4. The average molecular weight is 931 g/mol. The van der Waals surface area contributed by atoms with Crippen molar-refractivity contribution in [3.63, 3.8) is 0 Å². The molecular weight excluding hydrogens is 829 g/mol. The van der Waals surface area contributed by atoms with Gasteiger partial charge in [0.2, 0.25) is 0 Å². The van der Waals surface area contributed by atoms with E-state index in [1.54, 1.807) is 0 Å². The summed E-state index contributed by atoms with van der Waals surface area (Å²) in [5, 5.41) is 101. The van der Waals surface area contributed by atoms with Crippen LogP contribution in [0, 0.1) is 124 Å². The summed E-state index contributed by atoms with van der Waals surface area (Å²) in [5.74, 6) is 5.41. The van der Waals surface area contributed by atoms with E-state index in [1.165, 1.54) is 0 Å². The predicted octanol–water partition coefficient (Wildman–Crippen LogP) is 8.47. The molecule has 7 saturated carbocycles. The van der Waals surface area contributed by atoms with E-state index in [0.29, 0.717) is 54.3 Å². The highest BCUT2D eigenvalue weighted by atomic mass is 16.3. The lowest BCUT2D eigenvalue weighted by Gasteiger charge is -2.51. The number of rotatable bonds is 12. The zero-order valence-electron chi connectivity index (χ0n) is 43.1. The molecule has 28 atom stereocenters. The molecule has 0 radical (unpaired) electrons. The molecule has 0 amide bonds. The second kappa shape index (κ2) is 22.6. The van der Waals surface area contributed by atoms with Crippen molar-refractivity contribution < 1.29 is 46.0 Å². The van der Waals surface area contributed by atoms with Gasteiger partial charge in [0, 0.05) is 0 Å². The molecule has 384 valence electrons. The number of hydrogen-bond donors (Lipinski definition) is 9. The van der Waals surface area contributed by atoms with E-state index in [4.69, 9.17) is 0 Å². The summed E-state index contributed by atoms with van der Waals surface area (Å²) >= 11 is 0. The lowest BCUT2D eigenvalue weighted by Crippen LogP contribution is -2.49. The summed E-state index contributed by atoms with van der Waals surface area (Å²) in [6.45, 7) is 20.6. The predicted molar refractivity (Wildman–Crippen MR) is 262 cm³/mol. The van der Waals surface area contributed by atoms with Crippen LogP contribution in [-0.2, 0) is 0 Å². The molecule has 9 nitrogen and oxygen atoms in total. The van der Waals surface area contributed by atoms with Crippen LogP contribution in [0.3, 0.4) is 0 Å². The Balaban J connectivity index is 0.981. The van der Waals surface area contributed by atoms with Crippen LogP contribution in [-0.4, -0.2) is 101 Å². The minimum absolute atomic E-state index is 0.104. The third kappa shape index (κ3) is 11.8. The van der Waals surface area contributed by atoms with Gasteiger partial charge in [0.25, 0.3) is 0 Å². The Morgan fingerprint density at radius 3 is 0.833 bits per heavy atom. The number of aliphatic hydroxyl groups excluding tert-OH is 9. The molecule has 0 aromatic rings. The molecule has 0 aromatic carbocycles. The molecule has 9 heteroatoms. The van der Waals surface area contributed by atoms with Gasteiger partial charge < -0.3 is 46.0 Å². The van der Waals surface area contributed by atoms with Crippen LogP contribution in [0.15, 0.2) is 0 Å². The number of hydrogen-bond acceptors (Lipinski definition) is 9. The fraction of sp³-hybridized carbons (Fsp3) is 1.00. The Labute approximate surface area is 401 Å². The van der Waals surface area contributed by atoms with Gasteiger partial charge in [0.1, 0.15) is 0 Å². The zero-order chi connectivity index (χ0) is 48.0. The summed E-state index contributed by atoms with van der Waals surface area (Å²) < 4.78 is 0. The molecule has 7 fully saturated rings. The maximum Gasteiger partial charge on any atom is 0.0596 e. The molecule has 28 unspecified atom stereocenters. The molecular formula is C57H102O9. The maximum absolute atomic E-state index is 12.4. The van der Waals surface area contributed by atoms with Crippen LogP contribution < -0.4 is 0 Å². The van der Waals surface area contributed by atoms with Gasteiger partial charge >= 0.3 is 0 Å². The van der Waals surface area contributed by atoms with E-state index >= 15 is 0 Å². The third-order valence-corrected chi connectivity index (χ3v) is 22.2. The first-order valence-electron chi connectivity index (χ1n) is 28.3. The molecule has 0 heterocycles. The van der Waals surface area contributed by atoms with E-state index < -0.39 is 36.6 Å². The molecule has 0 saturated heterocycles. The minimum atomic E-state index is -0.515. The topological polar surface area (TPSA) is 182 Å². The molecule has 7 aliphatic carbocycles. The second-order valence-corrected chi connectivity index (χ2v) is 26.5. The van der Waals surface area contributed by atoms with Crippen molar-refractivity contribution >= 4 is 0 Å². The number of aliphatic hydroxyl groups is 9. The Bertz CT molecular complexity index is 1390. The molecule has 0 spiro atoms. The van der Waals surface area contributed by atoms with Crippen LogP contribution in [0.4, 0.5) is 0 Å². The summed E-state index contributed by atoms with van der Waals surface area (Å²) in [6.07, 6.45) is 11.6. The standard InChI is InChI=1S/C57H102O9/c1-28-14-43(20-39-16-29(2)55(64)49(33(39)6)24-41-18-31(4)53(62)47(35(41)8)22-37-10-12-45(58)26-51(37)60)57(66)44(15-28)21-40-17-30(3)56(65)50(34(40)7)25-42-19-32(5)54(63)48(36(42)9)23-38-11-13-46(59)27-52(38)61/h28-66H,10-27H2,1-9H3. The quantitative estimate of drug-likeness (QED) is 0.0928. The van der Waals surface area contributed by atoms with Gasteiger partial charge in [-0.1, -0.05) is 62.3 Å². The van der Waals surface area contributed by atoms with E-state index in [0.717, 1.165) is 103 Å². The Hall–Kier alpha value is -0.360. The van der Waals surface area contributed by atoms with Crippen molar-refractivity contribution in [2.45, 2.75) is 233 Å². The lowest BCUT2D eigenvalue weighted by molar-refractivity contribution is -0.0964. The second-order valence-electron chi connectivity index (χ2n) is 26.5. The van der Waals surface area contributed by atoms with Crippen molar-refractivity contribution in [1.29, 1.82) is 0 Å². The van der Waals surface area contributed by atoms with Gasteiger partial charge in [-0.3, -0.25) is 0 Å². The highest BCUT2D eigenvalue weighted by Gasteiger charge is 2.50. The first-order chi connectivity index (χ1) is 31.1. The molecule has 0 aromatic heterocycles. The van der Waals surface area contributed by atoms with Crippen molar-refractivity contribution in [2.75, 3.05) is 0 Å². The van der Waals surface area contributed by atoms with Gasteiger partial charge in [-0.05, 0) is 240 Å². The van der Waals surface area contributed by atoms with Crippen LogP contribution in [0.25, 0.3) is 0 Å². The molecule has 66 heavy (non-hydrogen) atoms. The SMILES string of the molecule is CC1CC(CC2CC(C)C(O)C(CC3CC(C)C(O)C(CC4CCC(O)CC4O)C3C)C2C)C(O)C(CC2CC(C)C(O)C(CC3CC(C)C(O)C(CC4CCC(O)CC4O)C3C)C2C)C1. The van der Waals surface area contributed by atoms with Crippen LogP contribution in [0.2, 0.25) is 0 Å². The fourth-order valence-electron chi connectivity index (χ4n) is 17.7. The van der Waals surface area contributed by atoms with Crippen molar-refractivity contribution in [3.05, 3.63) is 0 Å². The molecule has 9 N–H and O–H groups in total. The fourth-order valence-corrected chi connectivity index (χ4v) is 17.7. The normalized spacial score (nSPS) is 55.4. The van der Waals surface area contributed by atoms with Crippen molar-refractivity contribution in [1.82, 2.24) is 0 Å². The van der Waals surface area contributed by atoms with Gasteiger partial charge in [-0.25, -0.2) is 0 Å². The monoisotopic (exact) mass is 931 g/mol. The molecule has 0 aliphatic heterocycles. The zero-order valence-corrected chi connectivity index (χ0v) is 43.1. The van der Waals surface area contributed by atoms with Gasteiger partial charge in [-0.15, -0.1) is 0 Å². The van der Waals surface area contributed by atoms with E-state index in [1.807, 2.05) is 0 Å². The summed E-state index contributed by atoms with van der Waals surface area (Å²) in [7, 11) is 0. The van der Waals surface area contributed by atoms with Crippen LogP contribution in [0.5, 0.6) is 0 Å². The third-order valence-electron chi connectivity index (χ3n) is 22.2. The van der Waals surface area contributed by atoms with Gasteiger partial charge in [0.15, 0.2) is 0 Å². The Morgan fingerprint density at radius 2 is 0.545 bits per heavy atom. The van der Waals surface area contributed by atoms with Crippen LogP contribution >= 0.6 is 0 Å². The first-order valence-corrected chi connectivity index (χ1v) is 28.3. The Morgan fingerprint density at radius 1 is 0.273 bits per heavy atom. The minimum Gasteiger partial charge on any atom is -0.393 e. The van der Waals surface area contributed by atoms with E-state index in [-0.39, 0.29) is 101 Å². The Kier molecular flexibility index (Phi) is 18.3. The highest BCUT2D eigenvalue weighted by molar-refractivity contribution is 5.00. The van der Waals surface area contributed by atoms with E-state index in [9.17, 15) is 46.0 Å². The van der Waals surface area contributed by atoms with Crippen molar-refractivity contribution in [3.8, 4) is 0 Å². The molecule has 0 bridgehead atoms. The lowest BCUT2D eigenvalue weighted by atomic mass is 9.56. The van der Waals surface area contributed by atoms with Crippen molar-refractivity contribution in [2.24, 2.45) is 124 Å². The summed E-state index contributed by atoms with van der Waals surface area (Å²) in [5.41, 5.74) is 0.